The topological polar surface area (TPSA) is 80.6 Å². The van der Waals surface area contributed by atoms with Crippen molar-refractivity contribution in [3.8, 4) is 5.75 Å². The molecule has 0 fully saturated rings. The van der Waals surface area contributed by atoms with Crippen LogP contribution in [0.15, 0.2) is 53.1 Å². The summed E-state index contributed by atoms with van der Waals surface area (Å²) >= 11 is 0. The Hall–Kier alpha value is -3.28. The van der Waals surface area contributed by atoms with E-state index in [1.807, 2.05) is 25.1 Å². The zero-order valence-corrected chi connectivity index (χ0v) is 14.0. The summed E-state index contributed by atoms with van der Waals surface area (Å²) in [6.45, 7) is 1.98. The smallest absolute Gasteiger partial charge is 0.273 e. The molecule has 6 heteroatoms. The highest BCUT2D eigenvalue weighted by Gasteiger charge is 2.14. The van der Waals surface area contributed by atoms with Crippen LogP contribution in [0.2, 0.25) is 0 Å². The maximum absolute atomic E-state index is 12.2. The van der Waals surface area contributed by atoms with Gasteiger partial charge in [0.1, 0.15) is 11.3 Å². The summed E-state index contributed by atoms with van der Waals surface area (Å²) in [4.78, 5) is 24.3. The first-order chi connectivity index (χ1) is 12.1. The number of ether oxygens (including phenoxy) is 1. The van der Waals surface area contributed by atoms with Gasteiger partial charge in [-0.05, 0) is 31.2 Å². The van der Waals surface area contributed by atoms with Gasteiger partial charge in [-0.2, -0.15) is 0 Å². The Morgan fingerprint density at radius 2 is 1.92 bits per heavy atom. The standard InChI is InChI=1S/C19H18N2O4/c1-12-7-8-17-15(9-12)13(11-25-17)10-18(22)20-21-19(23)14-5-3-4-6-16(14)24-2/h3-9,11H,10H2,1-2H3,(H,20,22)(H,21,23). The molecule has 2 N–H and O–H groups in total. The van der Waals surface area contributed by atoms with Gasteiger partial charge in [-0.15, -0.1) is 0 Å². The highest BCUT2D eigenvalue weighted by molar-refractivity contribution is 5.98. The molecule has 0 aliphatic carbocycles. The Balaban J connectivity index is 1.64. The van der Waals surface area contributed by atoms with Gasteiger partial charge in [0, 0.05) is 10.9 Å². The fraction of sp³-hybridized carbons (Fsp3) is 0.158. The Labute approximate surface area is 144 Å². The molecule has 1 aromatic heterocycles. The summed E-state index contributed by atoms with van der Waals surface area (Å²) in [5, 5.41) is 0.895. The Bertz CT molecular complexity index is 930. The van der Waals surface area contributed by atoms with E-state index in [9.17, 15) is 9.59 Å². The van der Waals surface area contributed by atoms with Gasteiger partial charge in [-0.1, -0.05) is 23.8 Å². The van der Waals surface area contributed by atoms with Crippen molar-refractivity contribution in [2.24, 2.45) is 0 Å². The van der Waals surface area contributed by atoms with Crippen molar-refractivity contribution in [1.29, 1.82) is 0 Å². The maximum atomic E-state index is 12.2. The number of aryl methyl sites for hydroxylation is 1. The second kappa shape index (κ2) is 7.09. The number of carbonyl (C=O) groups is 2. The van der Waals surface area contributed by atoms with Gasteiger partial charge in [0.05, 0.1) is 25.4 Å². The Morgan fingerprint density at radius 1 is 1.12 bits per heavy atom. The number of para-hydroxylation sites is 1. The predicted octanol–water partition coefficient (Wildman–Crippen LogP) is 2.75. The molecular formula is C19H18N2O4. The van der Waals surface area contributed by atoms with Gasteiger partial charge in [0.25, 0.3) is 5.91 Å². The fourth-order valence-electron chi connectivity index (χ4n) is 2.58. The molecule has 0 unspecified atom stereocenters. The van der Waals surface area contributed by atoms with Crippen LogP contribution in [0.1, 0.15) is 21.5 Å². The van der Waals surface area contributed by atoms with Crippen LogP contribution in [-0.4, -0.2) is 18.9 Å². The van der Waals surface area contributed by atoms with Crippen LogP contribution in [0.25, 0.3) is 11.0 Å². The van der Waals surface area contributed by atoms with Crippen LogP contribution in [-0.2, 0) is 11.2 Å². The van der Waals surface area contributed by atoms with Crippen molar-refractivity contribution >= 4 is 22.8 Å². The van der Waals surface area contributed by atoms with E-state index in [1.54, 1.807) is 30.5 Å². The van der Waals surface area contributed by atoms with Gasteiger partial charge in [0.15, 0.2) is 0 Å². The van der Waals surface area contributed by atoms with E-state index in [1.165, 1.54) is 7.11 Å². The highest BCUT2D eigenvalue weighted by Crippen LogP contribution is 2.22. The molecule has 0 spiro atoms. The number of fused-ring (bicyclic) bond motifs is 1. The van der Waals surface area contributed by atoms with E-state index >= 15 is 0 Å². The summed E-state index contributed by atoms with van der Waals surface area (Å²) in [5.41, 5.74) is 7.73. The van der Waals surface area contributed by atoms with Crippen LogP contribution in [0.4, 0.5) is 0 Å². The van der Waals surface area contributed by atoms with E-state index in [0.29, 0.717) is 11.3 Å². The molecule has 0 aliphatic heterocycles. The third-order valence-corrected chi connectivity index (χ3v) is 3.83. The largest absolute Gasteiger partial charge is 0.496 e. The lowest BCUT2D eigenvalue weighted by Crippen LogP contribution is -2.42. The molecule has 1 heterocycles. The number of hydrazine groups is 1. The zero-order chi connectivity index (χ0) is 17.8. The summed E-state index contributed by atoms with van der Waals surface area (Å²) in [7, 11) is 1.48. The normalized spacial score (nSPS) is 10.5. The summed E-state index contributed by atoms with van der Waals surface area (Å²) in [6, 6.07) is 12.6. The lowest BCUT2D eigenvalue weighted by atomic mass is 10.1. The SMILES string of the molecule is COc1ccccc1C(=O)NNC(=O)Cc1coc2ccc(C)cc12. The van der Waals surface area contributed by atoms with E-state index in [2.05, 4.69) is 10.9 Å². The van der Waals surface area contributed by atoms with Crippen LogP contribution < -0.4 is 15.6 Å². The summed E-state index contributed by atoms with van der Waals surface area (Å²) < 4.78 is 10.6. The molecule has 0 radical (unpaired) electrons. The number of hydrogen-bond acceptors (Lipinski definition) is 4. The average Bonchev–Trinajstić information content (AvgIpc) is 3.01. The van der Waals surface area contributed by atoms with Gasteiger partial charge < -0.3 is 9.15 Å². The lowest BCUT2D eigenvalue weighted by molar-refractivity contribution is -0.121. The summed E-state index contributed by atoms with van der Waals surface area (Å²) in [5.74, 6) is -0.350. The van der Waals surface area contributed by atoms with Crippen LogP contribution in [0.5, 0.6) is 5.75 Å². The van der Waals surface area contributed by atoms with Crippen molar-refractivity contribution in [3.63, 3.8) is 0 Å². The van der Waals surface area contributed by atoms with Crippen LogP contribution in [0.3, 0.4) is 0 Å². The number of methoxy groups -OCH3 is 1. The number of nitrogens with one attached hydrogen (secondary N) is 2. The molecular weight excluding hydrogens is 320 g/mol. The monoisotopic (exact) mass is 338 g/mol. The first kappa shape index (κ1) is 16.6. The predicted molar refractivity (Wildman–Crippen MR) is 93.3 cm³/mol. The van der Waals surface area contributed by atoms with E-state index in [0.717, 1.165) is 22.1 Å². The molecule has 2 aromatic carbocycles. The first-order valence-corrected chi connectivity index (χ1v) is 7.77. The third-order valence-electron chi connectivity index (χ3n) is 3.83. The zero-order valence-electron chi connectivity index (χ0n) is 14.0. The van der Waals surface area contributed by atoms with E-state index in [-0.39, 0.29) is 12.3 Å². The minimum Gasteiger partial charge on any atom is -0.496 e. The summed E-state index contributed by atoms with van der Waals surface area (Å²) in [6.07, 6.45) is 1.66. The molecule has 6 nitrogen and oxygen atoms in total. The first-order valence-electron chi connectivity index (χ1n) is 7.77. The molecule has 0 atom stereocenters. The fourth-order valence-corrected chi connectivity index (χ4v) is 2.58. The lowest BCUT2D eigenvalue weighted by Gasteiger charge is -2.10. The van der Waals surface area contributed by atoms with Gasteiger partial charge in [-0.25, -0.2) is 0 Å². The van der Waals surface area contributed by atoms with E-state index < -0.39 is 5.91 Å². The number of carbonyl (C=O) groups excluding carboxylic acids is 2. The number of benzene rings is 2. The van der Waals surface area contributed by atoms with Crippen molar-refractivity contribution in [2.45, 2.75) is 13.3 Å². The van der Waals surface area contributed by atoms with Crippen LogP contribution >= 0.6 is 0 Å². The number of hydrogen-bond donors (Lipinski definition) is 2. The van der Waals surface area contributed by atoms with Gasteiger partial charge >= 0.3 is 0 Å². The minimum atomic E-state index is -0.446. The molecule has 128 valence electrons. The average molecular weight is 338 g/mol. The van der Waals surface area contributed by atoms with Crippen molar-refractivity contribution in [2.75, 3.05) is 7.11 Å². The Morgan fingerprint density at radius 3 is 2.72 bits per heavy atom. The maximum Gasteiger partial charge on any atom is 0.273 e. The Kier molecular flexibility index (Phi) is 4.70. The molecule has 2 amide bonds. The molecule has 0 bridgehead atoms. The number of amides is 2. The molecule has 0 saturated heterocycles. The second-order valence-corrected chi connectivity index (χ2v) is 5.64. The highest BCUT2D eigenvalue weighted by atomic mass is 16.5. The van der Waals surface area contributed by atoms with Crippen molar-refractivity contribution < 1.29 is 18.7 Å². The van der Waals surface area contributed by atoms with Gasteiger partial charge in [0.2, 0.25) is 5.91 Å². The molecule has 0 saturated carbocycles. The molecule has 3 aromatic rings. The quantitative estimate of drug-likeness (QED) is 0.717. The molecule has 3 rings (SSSR count). The van der Waals surface area contributed by atoms with E-state index in [4.69, 9.17) is 9.15 Å². The molecule has 0 aliphatic rings. The van der Waals surface area contributed by atoms with Crippen molar-refractivity contribution in [1.82, 2.24) is 10.9 Å². The second-order valence-electron chi connectivity index (χ2n) is 5.64. The number of rotatable bonds is 4. The van der Waals surface area contributed by atoms with Crippen molar-refractivity contribution in [3.05, 3.63) is 65.4 Å². The van der Waals surface area contributed by atoms with Crippen LogP contribution in [0, 0.1) is 6.92 Å². The van der Waals surface area contributed by atoms with Gasteiger partial charge in [-0.3, -0.25) is 20.4 Å². The third kappa shape index (κ3) is 3.63. The molecule has 25 heavy (non-hydrogen) atoms. The number of furan rings is 1. The minimum absolute atomic E-state index is 0.0999.